The molecule has 1 atom stereocenters. The van der Waals surface area contributed by atoms with Crippen molar-refractivity contribution in [3.8, 4) is 23.2 Å². The molecule has 7 heteroatoms. The van der Waals surface area contributed by atoms with Gasteiger partial charge in [0.25, 0.3) is 0 Å². The molecule has 0 spiro atoms. The first-order valence-corrected chi connectivity index (χ1v) is 9.08. The van der Waals surface area contributed by atoms with Gasteiger partial charge in [-0.25, -0.2) is 4.98 Å². The minimum atomic E-state index is -0.647. The van der Waals surface area contributed by atoms with Crippen LogP contribution in [0.1, 0.15) is 43.0 Å². The Bertz CT molecular complexity index is 1030. The van der Waals surface area contributed by atoms with Gasteiger partial charge in [-0.1, -0.05) is 17.0 Å². The summed E-state index contributed by atoms with van der Waals surface area (Å²) in [6.07, 6.45) is 5.30. The highest BCUT2D eigenvalue weighted by atomic mass is 16.5. The molecule has 2 aromatic heterocycles. The normalized spacial score (nSPS) is 15.4. The van der Waals surface area contributed by atoms with Gasteiger partial charge in [0.2, 0.25) is 6.41 Å². The molecule has 1 aliphatic rings. The second-order valence-corrected chi connectivity index (χ2v) is 6.94. The molecule has 0 bridgehead atoms. The third-order valence-electron chi connectivity index (χ3n) is 4.71. The molecule has 0 aliphatic heterocycles. The highest BCUT2D eigenvalue weighted by molar-refractivity contribution is 5.59. The third-order valence-corrected chi connectivity index (χ3v) is 4.71. The van der Waals surface area contributed by atoms with Crippen LogP contribution < -0.4 is 5.32 Å². The molecule has 2 heterocycles. The van der Waals surface area contributed by atoms with Crippen LogP contribution in [0.3, 0.4) is 0 Å². The molecule has 1 saturated carbocycles. The van der Waals surface area contributed by atoms with Crippen molar-refractivity contribution >= 4 is 6.41 Å². The van der Waals surface area contributed by atoms with Crippen molar-refractivity contribution in [1.29, 1.82) is 0 Å². The Morgan fingerprint density at radius 3 is 2.86 bits per heavy atom. The molecule has 1 amide bonds. The number of carbonyl (C=O) groups excluding carboxylic acids is 1. The highest BCUT2D eigenvalue weighted by Crippen LogP contribution is 2.34. The van der Waals surface area contributed by atoms with E-state index >= 15 is 0 Å². The van der Waals surface area contributed by atoms with E-state index in [0.29, 0.717) is 24.5 Å². The Kier molecular flexibility index (Phi) is 4.72. The van der Waals surface area contributed by atoms with E-state index in [2.05, 4.69) is 27.3 Å². The summed E-state index contributed by atoms with van der Waals surface area (Å²) in [7, 11) is 0. The van der Waals surface area contributed by atoms with Crippen LogP contribution in [-0.4, -0.2) is 31.8 Å². The number of imidazole rings is 1. The van der Waals surface area contributed by atoms with Crippen molar-refractivity contribution in [2.75, 3.05) is 0 Å². The van der Waals surface area contributed by atoms with Gasteiger partial charge < -0.3 is 19.5 Å². The minimum absolute atomic E-state index is 0.335. The van der Waals surface area contributed by atoms with Gasteiger partial charge in [-0.15, -0.1) is 0 Å². The number of aromatic nitrogens is 3. The van der Waals surface area contributed by atoms with Crippen LogP contribution in [0.2, 0.25) is 0 Å². The molecule has 0 unspecified atom stereocenters. The first kappa shape index (κ1) is 18.0. The van der Waals surface area contributed by atoms with Gasteiger partial charge in [0.15, 0.2) is 5.76 Å². The summed E-state index contributed by atoms with van der Waals surface area (Å²) in [6.45, 7) is 2.15. The van der Waals surface area contributed by atoms with E-state index in [0.717, 1.165) is 29.7 Å². The fourth-order valence-electron chi connectivity index (χ4n) is 2.97. The smallest absolute Gasteiger partial charge is 0.208 e. The summed E-state index contributed by atoms with van der Waals surface area (Å²) in [6, 6.07) is 9.57. The van der Waals surface area contributed by atoms with E-state index in [1.165, 1.54) is 0 Å². The third kappa shape index (κ3) is 3.82. The summed E-state index contributed by atoms with van der Waals surface area (Å²) in [5.74, 6) is 7.49. The van der Waals surface area contributed by atoms with E-state index in [1.807, 2.05) is 34.9 Å². The molecule has 28 heavy (non-hydrogen) atoms. The lowest BCUT2D eigenvalue weighted by molar-refractivity contribution is -0.110. The van der Waals surface area contributed by atoms with Crippen LogP contribution in [0.15, 0.2) is 47.2 Å². The van der Waals surface area contributed by atoms with Crippen molar-refractivity contribution in [1.82, 2.24) is 20.0 Å². The molecular formula is C21H20N4O3. The van der Waals surface area contributed by atoms with Gasteiger partial charge in [0, 0.05) is 29.6 Å². The summed E-state index contributed by atoms with van der Waals surface area (Å²) < 4.78 is 7.30. The van der Waals surface area contributed by atoms with Crippen molar-refractivity contribution < 1.29 is 14.4 Å². The zero-order valence-corrected chi connectivity index (χ0v) is 15.4. The molecule has 7 nitrogen and oxygen atoms in total. The molecule has 142 valence electrons. The maximum atomic E-state index is 10.6. The Labute approximate surface area is 162 Å². The molecule has 2 N–H and O–H groups in total. The van der Waals surface area contributed by atoms with Crippen LogP contribution >= 0.6 is 0 Å². The fraction of sp³-hybridized carbons (Fsp3) is 0.286. The van der Waals surface area contributed by atoms with E-state index in [4.69, 9.17) is 4.52 Å². The summed E-state index contributed by atoms with van der Waals surface area (Å²) in [4.78, 5) is 14.8. The Morgan fingerprint density at radius 1 is 1.39 bits per heavy atom. The lowest BCUT2D eigenvalue weighted by Crippen LogP contribution is -2.27. The number of carbonyl (C=O) groups is 1. The van der Waals surface area contributed by atoms with Gasteiger partial charge in [0.1, 0.15) is 23.2 Å². The minimum Gasteiger partial charge on any atom is -0.385 e. The number of aliphatic hydroxyl groups is 1. The number of benzene rings is 1. The number of amides is 1. The molecule has 1 fully saturated rings. The monoisotopic (exact) mass is 376 g/mol. The van der Waals surface area contributed by atoms with E-state index in [-0.39, 0.29) is 5.54 Å². The van der Waals surface area contributed by atoms with Crippen molar-refractivity contribution in [3.63, 3.8) is 0 Å². The zero-order chi connectivity index (χ0) is 19.6. The van der Waals surface area contributed by atoms with Crippen LogP contribution in [0.4, 0.5) is 0 Å². The molecule has 4 rings (SSSR count). The second kappa shape index (κ2) is 7.33. The lowest BCUT2D eigenvalue weighted by atomic mass is 10.1. The van der Waals surface area contributed by atoms with E-state index in [9.17, 15) is 9.90 Å². The van der Waals surface area contributed by atoms with Gasteiger partial charge in [0.05, 0.1) is 6.54 Å². The van der Waals surface area contributed by atoms with Crippen LogP contribution in [0.5, 0.6) is 0 Å². The highest BCUT2D eigenvalue weighted by Gasteiger charge is 2.40. The van der Waals surface area contributed by atoms with Gasteiger partial charge in [-0.05, 0) is 44.0 Å². The van der Waals surface area contributed by atoms with E-state index in [1.54, 1.807) is 19.3 Å². The number of aliphatic hydroxyl groups excluding tert-OH is 1. The SMILES string of the molecule is C[C@H](O)c1nccn1Cc1cc(-c2ccc(C#CC3(NC=O)CC3)cc2)on1. The van der Waals surface area contributed by atoms with Crippen LogP contribution in [0.25, 0.3) is 11.3 Å². The largest absolute Gasteiger partial charge is 0.385 e. The van der Waals surface area contributed by atoms with Crippen molar-refractivity contribution in [2.45, 2.75) is 38.0 Å². The number of hydrogen-bond donors (Lipinski definition) is 2. The molecule has 1 aromatic carbocycles. The number of nitrogens with zero attached hydrogens (tertiary/aromatic N) is 3. The first-order chi connectivity index (χ1) is 13.6. The van der Waals surface area contributed by atoms with Gasteiger partial charge >= 0.3 is 0 Å². The Morgan fingerprint density at radius 2 is 2.18 bits per heavy atom. The van der Waals surface area contributed by atoms with Crippen LogP contribution in [0, 0.1) is 11.8 Å². The van der Waals surface area contributed by atoms with Gasteiger partial charge in [-0.3, -0.25) is 4.79 Å². The second-order valence-electron chi connectivity index (χ2n) is 6.94. The van der Waals surface area contributed by atoms with E-state index < -0.39 is 6.10 Å². The number of nitrogens with one attached hydrogen (secondary N) is 1. The molecule has 0 radical (unpaired) electrons. The lowest BCUT2D eigenvalue weighted by Gasteiger charge is -2.07. The summed E-state index contributed by atoms with van der Waals surface area (Å²) in [5.41, 5.74) is 2.19. The Hall–Kier alpha value is -3.37. The summed E-state index contributed by atoms with van der Waals surface area (Å²) >= 11 is 0. The quantitative estimate of drug-likeness (QED) is 0.508. The average Bonchev–Trinajstić information content (AvgIpc) is 3.08. The number of hydrogen-bond acceptors (Lipinski definition) is 5. The maximum Gasteiger partial charge on any atom is 0.208 e. The standard InChI is InChI=1S/C21H20N4O3/c1-15(27)20-22-10-11-25(20)13-18-12-19(28-24-18)17-4-2-16(3-5-17)6-7-21(8-9-21)23-14-26/h2-5,10-12,14-15,27H,8-9,13H2,1H3,(H,23,26)/t15-/m0/s1. The zero-order valence-electron chi connectivity index (χ0n) is 15.4. The summed E-state index contributed by atoms with van der Waals surface area (Å²) in [5, 5.41) is 16.6. The maximum absolute atomic E-state index is 10.6. The molecule has 1 aliphatic carbocycles. The topological polar surface area (TPSA) is 93.2 Å². The number of rotatable bonds is 6. The predicted octanol–water partition coefficient (Wildman–Crippen LogP) is 2.27. The fourth-order valence-corrected chi connectivity index (χ4v) is 2.97. The first-order valence-electron chi connectivity index (χ1n) is 9.08. The van der Waals surface area contributed by atoms with Crippen LogP contribution in [-0.2, 0) is 11.3 Å². The average molecular weight is 376 g/mol. The van der Waals surface area contributed by atoms with Crippen molar-refractivity contribution in [3.05, 3.63) is 59.8 Å². The molecule has 0 saturated heterocycles. The molecular weight excluding hydrogens is 356 g/mol. The molecule has 3 aromatic rings. The van der Waals surface area contributed by atoms with Gasteiger partial charge in [-0.2, -0.15) is 0 Å². The predicted molar refractivity (Wildman–Crippen MR) is 102 cm³/mol. The Balaban J connectivity index is 1.46. The van der Waals surface area contributed by atoms with Crippen molar-refractivity contribution in [2.24, 2.45) is 0 Å².